The number of amides is 2. The zero-order valence-corrected chi connectivity index (χ0v) is 22.3. The van der Waals surface area contributed by atoms with Gasteiger partial charge in [0.15, 0.2) is 0 Å². The molecule has 0 aliphatic rings. The second kappa shape index (κ2) is 12.6. The lowest BCUT2D eigenvalue weighted by molar-refractivity contribution is -0.140. The molecule has 0 radical (unpaired) electrons. The molecule has 186 valence electrons. The Morgan fingerprint density at radius 3 is 2.21 bits per heavy atom. The summed E-state index contributed by atoms with van der Waals surface area (Å²) in [5, 5.41) is 4.07. The maximum absolute atomic E-state index is 13.2. The van der Waals surface area contributed by atoms with Gasteiger partial charge in [0.25, 0.3) is 0 Å². The molecule has 1 atom stereocenters. The third-order valence-corrected chi connectivity index (χ3v) is 7.17. The highest BCUT2D eigenvalue weighted by Gasteiger charge is 2.27. The van der Waals surface area contributed by atoms with E-state index < -0.39 is 16.1 Å². The maximum atomic E-state index is 13.2. The van der Waals surface area contributed by atoms with Crippen LogP contribution >= 0.6 is 34.8 Å². The van der Waals surface area contributed by atoms with Crippen molar-refractivity contribution in [1.82, 2.24) is 10.2 Å². The van der Waals surface area contributed by atoms with Crippen LogP contribution in [-0.2, 0) is 26.2 Å². The van der Waals surface area contributed by atoms with Crippen molar-refractivity contribution >= 4 is 62.3 Å². The van der Waals surface area contributed by atoms with Gasteiger partial charge in [-0.15, -0.1) is 0 Å². The summed E-state index contributed by atoms with van der Waals surface area (Å²) >= 11 is 18.2. The highest BCUT2D eigenvalue weighted by molar-refractivity contribution is 7.92. The second-order valence-corrected chi connectivity index (χ2v) is 10.9. The van der Waals surface area contributed by atoms with E-state index in [1.54, 1.807) is 56.3 Å². The predicted octanol–water partition coefficient (Wildman–Crippen LogP) is 4.75. The molecule has 2 rings (SSSR count). The molecule has 0 aliphatic carbocycles. The van der Waals surface area contributed by atoms with Crippen molar-refractivity contribution in [3.05, 3.63) is 63.1 Å². The average Bonchev–Trinajstić information content (AvgIpc) is 2.76. The van der Waals surface area contributed by atoms with E-state index in [2.05, 4.69) is 5.32 Å². The Morgan fingerprint density at radius 2 is 1.65 bits per heavy atom. The number of hydrogen-bond donors (Lipinski definition) is 1. The van der Waals surface area contributed by atoms with E-state index in [-0.39, 0.29) is 37.7 Å². The van der Waals surface area contributed by atoms with Crippen molar-refractivity contribution in [3.8, 4) is 0 Å². The number of benzene rings is 2. The van der Waals surface area contributed by atoms with Gasteiger partial charge in [0, 0.05) is 41.1 Å². The molecule has 7 nitrogen and oxygen atoms in total. The standard InChI is InChI=1S/C23H28Cl3N3O4S/c1-4-27-23(31)16(2)28(15-17-7-8-19(25)14-21(17)26)22(30)6-5-13-29(34(3,32)33)20-11-9-18(24)10-12-20/h7-12,14,16H,4-6,13,15H2,1-3H3,(H,27,31)/t16-/m1/s1. The van der Waals surface area contributed by atoms with Gasteiger partial charge in [-0.2, -0.15) is 0 Å². The third-order valence-electron chi connectivity index (χ3n) is 5.14. The molecule has 0 aliphatic heterocycles. The quantitative estimate of drug-likeness (QED) is 0.439. The molecule has 0 heterocycles. The topological polar surface area (TPSA) is 86.8 Å². The Morgan fingerprint density at radius 1 is 1.03 bits per heavy atom. The van der Waals surface area contributed by atoms with Crippen molar-refractivity contribution < 1.29 is 18.0 Å². The highest BCUT2D eigenvalue weighted by Crippen LogP contribution is 2.24. The second-order valence-electron chi connectivity index (χ2n) is 7.74. The van der Waals surface area contributed by atoms with Crippen LogP contribution in [0.4, 0.5) is 5.69 Å². The van der Waals surface area contributed by atoms with Crippen molar-refractivity contribution in [2.45, 2.75) is 39.3 Å². The molecule has 0 saturated heterocycles. The van der Waals surface area contributed by atoms with Crippen molar-refractivity contribution in [1.29, 1.82) is 0 Å². The summed E-state index contributed by atoms with van der Waals surface area (Å²) in [7, 11) is -3.57. The molecular weight excluding hydrogens is 521 g/mol. The minimum Gasteiger partial charge on any atom is -0.355 e. The van der Waals surface area contributed by atoms with Gasteiger partial charge in [-0.25, -0.2) is 8.42 Å². The van der Waals surface area contributed by atoms with Crippen LogP contribution in [0.25, 0.3) is 0 Å². The Kier molecular flexibility index (Phi) is 10.5. The van der Waals surface area contributed by atoms with Gasteiger partial charge in [-0.1, -0.05) is 40.9 Å². The largest absolute Gasteiger partial charge is 0.355 e. The lowest BCUT2D eigenvalue weighted by Gasteiger charge is -2.29. The summed E-state index contributed by atoms with van der Waals surface area (Å²) in [6.45, 7) is 4.07. The lowest BCUT2D eigenvalue weighted by atomic mass is 10.1. The van der Waals surface area contributed by atoms with Crippen LogP contribution in [-0.4, -0.2) is 50.5 Å². The monoisotopic (exact) mass is 547 g/mol. The number of halogens is 3. The zero-order valence-electron chi connectivity index (χ0n) is 19.2. The smallest absolute Gasteiger partial charge is 0.242 e. The van der Waals surface area contributed by atoms with Crippen LogP contribution in [0, 0.1) is 0 Å². The number of sulfonamides is 1. The first-order chi connectivity index (χ1) is 15.9. The Hall–Kier alpha value is -2.00. The van der Waals surface area contributed by atoms with E-state index in [1.807, 2.05) is 0 Å². The molecular formula is C23H28Cl3N3O4S. The molecule has 11 heteroatoms. The van der Waals surface area contributed by atoms with Crippen molar-refractivity contribution in [2.75, 3.05) is 23.7 Å². The Labute approximate surface area is 216 Å². The zero-order chi connectivity index (χ0) is 25.5. The molecule has 0 unspecified atom stereocenters. The van der Waals surface area contributed by atoms with E-state index in [0.29, 0.717) is 32.9 Å². The van der Waals surface area contributed by atoms with E-state index in [1.165, 1.54) is 9.21 Å². The molecule has 0 fully saturated rings. The number of nitrogens with one attached hydrogen (secondary N) is 1. The first-order valence-electron chi connectivity index (χ1n) is 10.7. The van der Waals surface area contributed by atoms with Crippen LogP contribution in [0.3, 0.4) is 0 Å². The first kappa shape index (κ1) is 28.2. The summed E-state index contributed by atoms with van der Waals surface area (Å²) in [6, 6.07) is 10.6. The molecule has 0 spiro atoms. The number of carbonyl (C=O) groups is 2. The van der Waals surface area contributed by atoms with Gasteiger partial charge >= 0.3 is 0 Å². The lowest BCUT2D eigenvalue weighted by Crippen LogP contribution is -2.47. The van der Waals surface area contributed by atoms with Crippen molar-refractivity contribution in [2.24, 2.45) is 0 Å². The number of carbonyl (C=O) groups excluding carboxylic acids is 2. The Balaban J connectivity index is 2.18. The van der Waals surface area contributed by atoms with Crippen molar-refractivity contribution in [3.63, 3.8) is 0 Å². The van der Waals surface area contributed by atoms with Crippen LogP contribution in [0.2, 0.25) is 15.1 Å². The van der Waals surface area contributed by atoms with E-state index in [4.69, 9.17) is 34.8 Å². The van der Waals surface area contributed by atoms with Crippen LogP contribution in [0.15, 0.2) is 42.5 Å². The van der Waals surface area contributed by atoms with Gasteiger partial charge in [0.1, 0.15) is 6.04 Å². The molecule has 2 aromatic rings. The summed E-state index contributed by atoms with van der Waals surface area (Å²) in [5.74, 6) is -0.589. The van der Waals surface area contributed by atoms with E-state index in [9.17, 15) is 18.0 Å². The third kappa shape index (κ3) is 8.05. The minimum atomic E-state index is -3.57. The predicted molar refractivity (Wildman–Crippen MR) is 138 cm³/mol. The Bertz CT molecular complexity index is 1110. The minimum absolute atomic E-state index is 0.0363. The molecule has 34 heavy (non-hydrogen) atoms. The number of nitrogens with zero attached hydrogens (tertiary/aromatic N) is 2. The fourth-order valence-electron chi connectivity index (χ4n) is 3.35. The molecule has 0 saturated carbocycles. The number of likely N-dealkylation sites (N-methyl/N-ethyl adjacent to an activating group) is 1. The molecule has 1 N–H and O–H groups in total. The maximum Gasteiger partial charge on any atom is 0.242 e. The fourth-order valence-corrected chi connectivity index (χ4v) is 4.91. The summed E-state index contributed by atoms with van der Waals surface area (Å²) in [4.78, 5) is 27.1. The summed E-state index contributed by atoms with van der Waals surface area (Å²) in [5.41, 5.74) is 1.11. The van der Waals surface area contributed by atoms with Gasteiger partial charge < -0.3 is 10.2 Å². The van der Waals surface area contributed by atoms with E-state index in [0.717, 1.165) is 6.26 Å². The van der Waals surface area contributed by atoms with Gasteiger partial charge in [0.2, 0.25) is 21.8 Å². The fraction of sp³-hybridized carbons (Fsp3) is 0.391. The number of anilines is 1. The highest BCUT2D eigenvalue weighted by atomic mass is 35.5. The van der Waals surface area contributed by atoms with Gasteiger partial charge in [-0.05, 0) is 62.2 Å². The molecule has 0 bridgehead atoms. The summed E-state index contributed by atoms with van der Waals surface area (Å²) < 4.78 is 25.9. The SMILES string of the molecule is CCNC(=O)[C@@H](C)N(Cc1ccc(Cl)cc1Cl)C(=O)CCCN(c1ccc(Cl)cc1)S(C)(=O)=O. The van der Waals surface area contributed by atoms with Crippen LogP contribution < -0.4 is 9.62 Å². The van der Waals surface area contributed by atoms with Gasteiger partial charge in [-0.3, -0.25) is 13.9 Å². The summed E-state index contributed by atoms with van der Waals surface area (Å²) in [6.07, 6.45) is 1.39. The van der Waals surface area contributed by atoms with Crippen LogP contribution in [0.1, 0.15) is 32.3 Å². The normalized spacial score (nSPS) is 12.2. The molecule has 2 amide bonds. The average molecular weight is 549 g/mol. The number of rotatable bonds is 11. The van der Waals surface area contributed by atoms with Crippen LogP contribution in [0.5, 0.6) is 0 Å². The first-order valence-corrected chi connectivity index (χ1v) is 13.7. The van der Waals surface area contributed by atoms with E-state index >= 15 is 0 Å². The number of hydrogen-bond acceptors (Lipinski definition) is 4. The molecule has 0 aromatic heterocycles. The van der Waals surface area contributed by atoms with Gasteiger partial charge in [0.05, 0.1) is 11.9 Å². The molecule has 2 aromatic carbocycles.